The van der Waals surface area contributed by atoms with E-state index in [4.69, 9.17) is 14.2 Å². The first-order chi connectivity index (χ1) is 13.1. The number of nitrogens with zero attached hydrogens (tertiary/aromatic N) is 1. The summed E-state index contributed by atoms with van der Waals surface area (Å²) < 4.78 is 17.2. The Morgan fingerprint density at radius 1 is 1.04 bits per heavy atom. The number of nitrogens with one attached hydrogen (secondary N) is 1. The number of amides is 1. The number of carbonyl (C=O) groups is 2. The zero-order valence-corrected chi connectivity index (χ0v) is 15.3. The normalized spacial score (nSPS) is 10.5. The molecule has 0 saturated heterocycles. The maximum atomic E-state index is 12.5. The van der Waals surface area contributed by atoms with Gasteiger partial charge in [-0.2, -0.15) is 0 Å². The van der Waals surface area contributed by atoms with Crippen LogP contribution in [0.15, 0.2) is 48.7 Å². The minimum absolute atomic E-state index is 0.0648. The molecule has 7 heteroatoms. The molecule has 0 fully saturated rings. The molecule has 0 atom stereocenters. The molecule has 3 aromatic rings. The number of esters is 1. The second-order valence-electron chi connectivity index (χ2n) is 5.79. The van der Waals surface area contributed by atoms with E-state index in [1.54, 1.807) is 55.3 Å². The number of benzene rings is 2. The van der Waals surface area contributed by atoms with Gasteiger partial charge in [-0.05, 0) is 18.2 Å². The van der Waals surface area contributed by atoms with Crippen molar-refractivity contribution in [3.8, 4) is 11.5 Å². The third kappa shape index (κ3) is 3.72. The van der Waals surface area contributed by atoms with Crippen LogP contribution < -0.4 is 14.8 Å². The van der Waals surface area contributed by atoms with E-state index in [1.807, 2.05) is 12.1 Å². The smallest absolute Gasteiger partial charge is 0.339 e. The summed E-state index contributed by atoms with van der Waals surface area (Å²) in [6.45, 7) is 0.0648. The molecule has 0 spiro atoms. The lowest BCUT2D eigenvalue weighted by molar-refractivity contribution is -0.116. The molecule has 1 heterocycles. The van der Waals surface area contributed by atoms with Crippen molar-refractivity contribution in [3.05, 3.63) is 54.2 Å². The van der Waals surface area contributed by atoms with Gasteiger partial charge in [0.05, 0.1) is 38.1 Å². The number of methoxy groups -OCH3 is 3. The summed E-state index contributed by atoms with van der Waals surface area (Å²) in [6, 6.07) is 12.2. The fourth-order valence-electron chi connectivity index (χ4n) is 2.89. The van der Waals surface area contributed by atoms with Crippen LogP contribution in [0.1, 0.15) is 10.4 Å². The first-order valence-corrected chi connectivity index (χ1v) is 8.25. The largest absolute Gasteiger partial charge is 0.497 e. The SMILES string of the molecule is COC(=O)c1ccccc1NC(=O)Cn1ccc2c(OC)cc(OC)cc21. The summed E-state index contributed by atoms with van der Waals surface area (Å²) in [7, 11) is 4.46. The molecule has 0 unspecified atom stereocenters. The van der Waals surface area contributed by atoms with E-state index >= 15 is 0 Å². The fraction of sp³-hybridized carbons (Fsp3) is 0.200. The van der Waals surface area contributed by atoms with Gasteiger partial charge in [-0.15, -0.1) is 0 Å². The molecule has 1 aromatic heterocycles. The molecule has 3 rings (SSSR count). The Kier molecular flexibility index (Phi) is 5.30. The minimum Gasteiger partial charge on any atom is -0.497 e. The van der Waals surface area contributed by atoms with E-state index in [2.05, 4.69) is 5.32 Å². The first kappa shape index (κ1) is 18.3. The van der Waals surface area contributed by atoms with Crippen LogP contribution in [0.4, 0.5) is 5.69 Å². The van der Waals surface area contributed by atoms with Crippen molar-refractivity contribution in [2.75, 3.05) is 26.6 Å². The second kappa shape index (κ2) is 7.82. The molecule has 0 aliphatic carbocycles. The molecule has 27 heavy (non-hydrogen) atoms. The van der Waals surface area contributed by atoms with E-state index in [1.165, 1.54) is 7.11 Å². The van der Waals surface area contributed by atoms with Gasteiger partial charge in [0.1, 0.15) is 18.0 Å². The van der Waals surface area contributed by atoms with Crippen LogP contribution in [-0.4, -0.2) is 37.8 Å². The van der Waals surface area contributed by atoms with Gasteiger partial charge in [0, 0.05) is 23.7 Å². The highest BCUT2D eigenvalue weighted by atomic mass is 16.5. The lowest BCUT2D eigenvalue weighted by atomic mass is 10.2. The molecule has 1 N–H and O–H groups in total. The van der Waals surface area contributed by atoms with Crippen molar-refractivity contribution in [2.24, 2.45) is 0 Å². The van der Waals surface area contributed by atoms with Gasteiger partial charge in [0.2, 0.25) is 5.91 Å². The molecule has 1 amide bonds. The number of carbonyl (C=O) groups excluding carboxylic acids is 2. The van der Waals surface area contributed by atoms with Crippen LogP contribution in [0.2, 0.25) is 0 Å². The predicted octanol–water partition coefficient (Wildman–Crippen LogP) is 3.08. The average Bonchev–Trinajstić information content (AvgIpc) is 3.09. The highest BCUT2D eigenvalue weighted by Gasteiger charge is 2.15. The third-order valence-electron chi connectivity index (χ3n) is 4.20. The number of hydrogen-bond donors (Lipinski definition) is 1. The Morgan fingerprint density at radius 2 is 1.81 bits per heavy atom. The summed E-state index contributed by atoms with van der Waals surface area (Å²) in [5, 5.41) is 3.64. The van der Waals surface area contributed by atoms with E-state index in [0.717, 1.165) is 10.9 Å². The number of anilines is 1. The number of aromatic nitrogens is 1. The lowest BCUT2D eigenvalue weighted by Gasteiger charge is -2.11. The van der Waals surface area contributed by atoms with Crippen molar-refractivity contribution >= 4 is 28.5 Å². The Balaban J connectivity index is 1.86. The van der Waals surface area contributed by atoms with E-state index in [-0.39, 0.29) is 12.5 Å². The van der Waals surface area contributed by atoms with Crippen LogP contribution in [0.25, 0.3) is 10.9 Å². The molecule has 140 valence electrons. The van der Waals surface area contributed by atoms with E-state index in [9.17, 15) is 9.59 Å². The van der Waals surface area contributed by atoms with Gasteiger partial charge in [0.25, 0.3) is 0 Å². The number of fused-ring (bicyclic) bond motifs is 1. The van der Waals surface area contributed by atoms with Crippen molar-refractivity contribution in [1.82, 2.24) is 4.57 Å². The number of para-hydroxylation sites is 1. The standard InChI is InChI=1S/C20H20N2O5/c1-25-13-10-17-15(18(11-13)26-2)8-9-22(17)12-19(23)21-16-7-5-4-6-14(16)20(24)27-3/h4-11H,12H2,1-3H3,(H,21,23). The van der Waals surface area contributed by atoms with E-state index in [0.29, 0.717) is 22.7 Å². The maximum absolute atomic E-state index is 12.5. The summed E-state index contributed by atoms with van der Waals surface area (Å²) in [4.78, 5) is 24.4. The van der Waals surface area contributed by atoms with Gasteiger partial charge >= 0.3 is 5.97 Å². The van der Waals surface area contributed by atoms with Gasteiger partial charge in [-0.1, -0.05) is 12.1 Å². The Labute approximate surface area is 156 Å². The molecule has 0 aliphatic rings. The van der Waals surface area contributed by atoms with Gasteiger partial charge in [0.15, 0.2) is 0 Å². The van der Waals surface area contributed by atoms with Crippen LogP contribution in [0, 0.1) is 0 Å². The zero-order chi connectivity index (χ0) is 19.4. The highest BCUT2D eigenvalue weighted by molar-refractivity contribution is 6.01. The predicted molar refractivity (Wildman–Crippen MR) is 101 cm³/mol. The van der Waals surface area contributed by atoms with Crippen LogP contribution >= 0.6 is 0 Å². The summed E-state index contributed by atoms with van der Waals surface area (Å²) in [5.41, 5.74) is 1.51. The monoisotopic (exact) mass is 368 g/mol. The van der Waals surface area contributed by atoms with Gasteiger partial charge < -0.3 is 24.1 Å². The topological polar surface area (TPSA) is 78.8 Å². The minimum atomic E-state index is -0.508. The number of hydrogen-bond acceptors (Lipinski definition) is 5. The Hall–Kier alpha value is -3.48. The molecule has 2 aromatic carbocycles. The van der Waals surface area contributed by atoms with Crippen molar-refractivity contribution in [1.29, 1.82) is 0 Å². The summed E-state index contributed by atoms with van der Waals surface area (Å²) in [5.74, 6) is 0.521. The number of rotatable bonds is 6. The van der Waals surface area contributed by atoms with Gasteiger partial charge in [-0.25, -0.2) is 4.79 Å². The highest BCUT2D eigenvalue weighted by Crippen LogP contribution is 2.32. The fourth-order valence-corrected chi connectivity index (χ4v) is 2.89. The van der Waals surface area contributed by atoms with Crippen molar-refractivity contribution in [3.63, 3.8) is 0 Å². The summed E-state index contributed by atoms with van der Waals surface area (Å²) >= 11 is 0. The molecular weight excluding hydrogens is 348 g/mol. The Morgan fingerprint density at radius 3 is 2.52 bits per heavy atom. The molecule has 0 bridgehead atoms. The molecule has 7 nitrogen and oxygen atoms in total. The molecule has 0 radical (unpaired) electrons. The molecule has 0 aliphatic heterocycles. The molecule has 0 saturated carbocycles. The first-order valence-electron chi connectivity index (χ1n) is 8.25. The maximum Gasteiger partial charge on any atom is 0.339 e. The second-order valence-corrected chi connectivity index (χ2v) is 5.79. The average molecular weight is 368 g/mol. The van der Waals surface area contributed by atoms with Crippen molar-refractivity contribution < 1.29 is 23.8 Å². The zero-order valence-electron chi connectivity index (χ0n) is 15.3. The Bertz CT molecular complexity index is 993. The van der Waals surface area contributed by atoms with Crippen LogP contribution in [-0.2, 0) is 16.1 Å². The van der Waals surface area contributed by atoms with Crippen molar-refractivity contribution in [2.45, 2.75) is 6.54 Å². The molecular formula is C20H20N2O5. The lowest BCUT2D eigenvalue weighted by Crippen LogP contribution is -2.20. The van der Waals surface area contributed by atoms with Crippen LogP contribution in [0.3, 0.4) is 0 Å². The number of ether oxygens (including phenoxy) is 3. The summed E-state index contributed by atoms with van der Waals surface area (Å²) in [6.07, 6.45) is 1.80. The van der Waals surface area contributed by atoms with Crippen LogP contribution in [0.5, 0.6) is 11.5 Å². The quantitative estimate of drug-likeness (QED) is 0.677. The third-order valence-corrected chi connectivity index (χ3v) is 4.20. The van der Waals surface area contributed by atoms with Gasteiger partial charge in [-0.3, -0.25) is 4.79 Å². The van der Waals surface area contributed by atoms with E-state index < -0.39 is 5.97 Å².